The molecule has 0 unspecified atom stereocenters. The van der Waals surface area contributed by atoms with E-state index in [1.165, 1.54) is 10.9 Å². The molecule has 0 fully saturated rings. The lowest BCUT2D eigenvalue weighted by Gasteiger charge is -2.12. The normalized spacial score (nSPS) is 11.8. The van der Waals surface area contributed by atoms with E-state index in [1.54, 1.807) is 6.08 Å². The third-order valence-corrected chi connectivity index (χ3v) is 8.60. The summed E-state index contributed by atoms with van der Waals surface area (Å²) in [6.45, 7) is 3.74. The zero-order valence-corrected chi connectivity index (χ0v) is 26.3. The summed E-state index contributed by atoms with van der Waals surface area (Å²) >= 11 is 0. The fourth-order valence-electron chi connectivity index (χ4n) is 6.31. The van der Waals surface area contributed by atoms with Crippen LogP contribution in [0.3, 0.4) is 0 Å². The smallest absolute Gasteiger partial charge is 0.164 e. The van der Waals surface area contributed by atoms with Crippen molar-refractivity contribution in [3.05, 3.63) is 176 Å². The van der Waals surface area contributed by atoms with Crippen LogP contribution in [0.2, 0.25) is 0 Å². The molecule has 0 aliphatic carbocycles. The van der Waals surface area contributed by atoms with Gasteiger partial charge in [-0.15, -0.1) is 0 Å². The number of benzene rings is 6. The number of furan rings is 1. The number of nitrogens with zero attached hydrogens (tertiary/aromatic N) is 3. The predicted molar refractivity (Wildman–Crippen MR) is 199 cm³/mol. The molecule has 2 heterocycles. The number of fused-ring (bicyclic) bond motifs is 4. The maximum absolute atomic E-state index is 6.45. The second kappa shape index (κ2) is 12.8. The van der Waals surface area contributed by atoms with Crippen molar-refractivity contribution in [3.63, 3.8) is 0 Å². The molecule has 2 aromatic heterocycles. The van der Waals surface area contributed by atoms with Gasteiger partial charge in [-0.05, 0) is 52.1 Å². The SMILES string of the molecule is C=C/C=C\C=C/Cc1ccc(-c2nc(-c3ccccc3)nc(-c3cccc4oc5cc(-c6ccccc6)ccc5c34)n2)c2ccccc12. The molecule has 228 valence electrons. The third-order valence-electron chi connectivity index (χ3n) is 8.60. The maximum Gasteiger partial charge on any atom is 0.164 e. The number of hydrogen-bond acceptors (Lipinski definition) is 4. The summed E-state index contributed by atoms with van der Waals surface area (Å²) in [4.78, 5) is 15.3. The zero-order chi connectivity index (χ0) is 32.3. The van der Waals surface area contributed by atoms with Gasteiger partial charge in [0.25, 0.3) is 0 Å². The van der Waals surface area contributed by atoms with E-state index in [0.29, 0.717) is 17.5 Å². The third kappa shape index (κ3) is 5.50. The first-order valence-corrected chi connectivity index (χ1v) is 16.0. The van der Waals surface area contributed by atoms with Crippen molar-refractivity contribution in [3.8, 4) is 45.3 Å². The number of allylic oxidation sites excluding steroid dienone is 5. The summed E-state index contributed by atoms with van der Waals surface area (Å²) in [5, 5.41) is 4.28. The van der Waals surface area contributed by atoms with Crippen LogP contribution in [0.4, 0.5) is 0 Å². The fourth-order valence-corrected chi connectivity index (χ4v) is 6.31. The van der Waals surface area contributed by atoms with E-state index < -0.39 is 0 Å². The first kappa shape index (κ1) is 29.0. The van der Waals surface area contributed by atoms with E-state index >= 15 is 0 Å². The number of hydrogen-bond donors (Lipinski definition) is 0. The average molecular weight is 618 g/mol. The van der Waals surface area contributed by atoms with Gasteiger partial charge in [0.1, 0.15) is 11.2 Å². The molecule has 4 nitrogen and oxygen atoms in total. The summed E-state index contributed by atoms with van der Waals surface area (Å²) in [6.07, 6.45) is 10.7. The van der Waals surface area contributed by atoms with Gasteiger partial charge in [-0.3, -0.25) is 0 Å². The van der Waals surface area contributed by atoms with Crippen LogP contribution in [0.5, 0.6) is 0 Å². The molecule has 0 aliphatic heterocycles. The van der Waals surface area contributed by atoms with Crippen molar-refractivity contribution in [1.29, 1.82) is 0 Å². The predicted octanol–water partition coefficient (Wildman–Crippen LogP) is 11.4. The summed E-state index contributed by atoms with van der Waals surface area (Å²) in [5.74, 6) is 1.85. The highest BCUT2D eigenvalue weighted by atomic mass is 16.3. The molecule has 0 saturated carbocycles. The van der Waals surface area contributed by atoms with Gasteiger partial charge in [-0.2, -0.15) is 0 Å². The Morgan fingerprint density at radius 1 is 0.500 bits per heavy atom. The summed E-state index contributed by atoms with van der Waals surface area (Å²) in [7, 11) is 0. The molecule has 0 N–H and O–H groups in total. The van der Waals surface area contributed by atoms with Crippen LogP contribution in [-0.4, -0.2) is 15.0 Å². The molecule has 6 aromatic carbocycles. The Morgan fingerprint density at radius 2 is 1.21 bits per heavy atom. The highest BCUT2D eigenvalue weighted by Gasteiger charge is 2.19. The van der Waals surface area contributed by atoms with E-state index in [9.17, 15) is 0 Å². The molecule has 0 radical (unpaired) electrons. The minimum atomic E-state index is 0.601. The van der Waals surface area contributed by atoms with Crippen LogP contribution < -0.4 is 0 Å². The Labute approximate surface area is 279 Å². The molecule has 4 heteroatoms. The molecule has 0 aliphatic rings. The summed E-state index contributed by atoms with van der Waals surface area (Å²) < 4.78 is 6.45. The van der Waals surface area contributed by atoms with Crippen LogP contribution in [-0.2, 0) is 6.42 Å². The first-order chi connectivity index (χ1) is 23.8. The second-order valence-electron chi connectivity index (χ2n) is 11.6. The lowest BCUT2D eigenvalue weighted by molar-refractivity contribution is 0.669. The molecule has 0 saturated heterocycles. The fraction of sp³-hybridized carbons (Fsp3) is 0.0227. The Balaban J connectivity index is 1.30. The lowest BCUT2D eigenvalue weighted by atomic mass is 9.97. The van der Waals surface area contributed by atoms with Gasteiger partial charge in [-0.1, -0.05) is 152 Å². The quantitative estimate of drug-likeness (QED) is 0.159. The van der Waals surface area contributed by atoms with Gasteiger partial charge in [0, 0.05) is 27.5 Å². The van der Waals surface area contributed by atoms with E-state index in [-0.39, 0.29) is 0 Å². The molecular weight excluding hydrogens is 587 g/mol. The molecule has 8 rings (SSSR count). The average Bonchev–Trinajstić information content (AvgIpc) is 3.53. The van der Waals surface area contributed by atoms with Crippen molar-refractivity contribution < 1.29 is 4.42 Å². The molecule has 0 amide bonds. The molecule has 8 aromatic rings. The van der Waals surface area contributed by atoms with Crippen molar-refractivity contribution in [1.82, 2.24) is 15.0 Å². The van der Waals surface area contributed by atoms with Gasteiger partial charge in [0.2, 0.25) is 0 Å². The van der Waals surface area contributed by atoms with Gasteiger partial charge >= 0.3 is 0 Å². The van der Waals surface area contributed by atoms with E-state index in [0.717, 1.165) is 61.6 Å². The summed E-state index contributed by atoms with van der Waals surface area (Å²) in [6, 6.07) is 45.7. The minimum Gasteiger partial charge on any atom is -0.456 e. The molecule has 0 bridgehead atoms. The highest BCUT2D eigenvalue weighted by Crippen LogP contribution is 2.39. The van der Waals surface area contributed by atoms with Crippen molar-refractivity contribution in [2.45, 2.75) is 6.42 Å². The van der Waals surface area contributed by atoms with Gasteiger partial charge in [-0.25, -0.2) is 15.0 Å². The minimum absolute atomic E-state index is 0.601. The van der Waals surface area contributed by atoms with Crippen molar-refractivity contribution >= 4 is 32.7 Å². The van der Waals surface area contributed by atoms with Gasteiger partial charge in [0.15, 0.2) is 17.5 Å². The first-order valence-electron chi connectivity index (χ1n) is 16.0. The Bertz CT molecular complexity index is 2490. The monoisotopic (exact) mass is 617 g/mol. The number of rotatable bonds is 8. The van der Waals surface area contributed by atoms with Crippen LogP contribution in [0.15, 0.2) is 175 Å². The van der Waals surface area contributed by atoms with Gasteiger partial charge < -0.3 is 4.42 Å². The Morgan fingerprint density at radius 3 is 2.00 bits per heavy atom. The topological polar surface area (TPSA) is 51.8 Å². The van der Waals surface area contributed by atoms with Crippen molar-refractivity contribution in [2.24, 2.45) is 0 Å². The molecular formula is C44H31N3O. The lowest BCUT2D eigenvalue weighted by Crippen LogP contribution is -2.01. The Kier molecular flexibility index (Phi) is 7.73. The highest BCUT2D eigenvalue weighted by molar-refractivity contribution is 6.12. The van der Waals surface area contributed by atoms with E-state index in [2.05, 4.69) is 104 Å². The largest absolute Gasteiger partial charge is 0.456 e. The van der Waals surface area contributed by atoms with Crippen molar-refractivity contribution in [2.75, 3.05) is 0 Å². The van der Waals surface area contributed by atoms with E-state index in [1.807, 2.05) is 60.7 Å². The van der Waals surface area contributed by atoms with Crippen LogP contribution in [0.25, 0.3) is 78.0 Å². The van der Waals surface area contributed by atoms with Crippen LogP contribution in [0.1, 0.15) is 5.56 Å². The maximum atomic E-state index is 6.45. The van der Waals surface area contributed by atoms with Crippen LogP contribution in [0, 0.1) is 0 Å². The second-order valence-corrected chi connectivity index (χ2v) is 11.6. The molecule has 0 atom stereocenters. The van der Waals surface area contributed by atoms with Crippen LogP contribution >= 0.6 is 0 Å². The standard InChI is InChI=1S/C44H31N3O/c1-2-3-4-5-8-18-31-25-27-36(35-22-14-13-21-34(31)35)43-45-42(32-19-11-7-12-20-32)46-44(47-43)38-23-15-24-39-41(38)37-28-26-33(29-40(37)48-39)30-16-9-6-10-17-30/h2-17,19-29H,1,18H2/b4-3-,8-5-. The molecule has 0 spiro atoms. The summed E-state index contributed by atoms with van der Waals surface area (Å²) in [5.41, 5.74) is 7.90. The Hall–Kier alpha value is -6.39. The number of aromatic nitrogens is 3. The zero-order valence-electron chi connectivity index (χ0n) is 26.3. The van der Waals surface area contributed by atoms with E-state index in [4.69, 9.17) is 19.4 Å². The molecule has 48 heavy (non-hydrogen) atoms. The van der Waals surface area contributed by atoms with Gasteiger partial charge in [0.05, 0.1) is 0 Å².